The van der Waals surface area contributed by atoms with Gasteiger partial charge in [-0.2, -0.15) is 0 Å². The van der Waals surface area contributed by atoms with Crippen LogP contribution in [0.5, 0.6) is 11.5 Å². The SMILES string of the molecule is CCc1c(C)sc2nc(SC[C@@H]3COc4ccccc4O3)n(-c3cccc(C)c3C)c(=O)c12. The second kappa shape index (κ2) is 8.88. The van der Waals surface area contributed by atoms with Crippen LogP contribution in [-0.2, 0) is 6.42 Å². The molecule has 0 bridgehead atoms. The van der Waals surface area contributed by atoms with Gasteiger partial charge in [0.05, 0.1) is 11.1 Å². The monoisotopic (exact) mass is 478 g/mol. The van der Waals surface area contributed by atoms with Crippen LogP contribution in [0.1, 0.15) is 28.5 Å². The third-order valence-corrected chi connectivity index (χ3v) is 8.24. The van der Waals surface area contributed by atoms with Crippen LogP contribution in [-0.4, -0.2) is 28.0 Å². The first-order chi connectivity index (χ1) is 16.0. The van der Waals surface area contributed by atoms with E-state index in [-0.39, 0.29) is 11.7 Å². The average Bonchev–Trinajstić information content (AvgIpc) is 3.15. The fourth-order valence-electron chi connectivity index (χ4n) is 4.22. The zero-order valence-corrected chi connectivity index (χ0v) is 20.8. The van der Waals surface area contributed by atoms with E-state index in [1.807, 2.05) is 36.4 Å². The molecule has 0 radical (unpaired) electrons. The zero-order valence-electron chi connectivity index (χ0n) is 19.2. The normalized spacial score (nSPS) is 15.2. The van der Waals surface area contributed by atoms with Crippen LogP contribution in [0.25, 0.3) is 15.9 Å². The van der Waals surface area contributed by atoms with Crippen LogP contribution in [0.15, 0.2) is 52.4 Å². The lowest BCUT2D eigenvalue weighted by molar-refractivity contribution is 0.107. The molecule has 1 aliphatic heterocycles. The maximum atomic E-state index is 13.9. The van der Waals surface area contributed by atoms with Gasteiger partial charge >= 0.3 is 0 Å². The number of aromatic nitrogens is 2. The molecule has 1 aliphatic rings. The quantitative estimate of drug-likeness (QED) is 0.265. The molecule has 2 aromatic carbocycles. The number of rotatable bonds is 5. The highest BCUT2D eigenvalue weighted by molar-refractivity contribution is 7.99. The average molecular weight is 479 g/mol. The molecule has 0 spiro atoms. The van der Waals surface area contributed by atoms with E-state index in [2.05, 4.69) is 33.8 Å². The molecule has 5 nitrogen and oxygen atoms in total. The molecular weight excluding hydrogens is 452 g/mol. The third-order valence-electron chi connectivity index (χ3n) is 6.13. The first-order valence-corrected chi connectivity index (χ1v) is 12.9. The van der Waals surface area contributed by atoms with Crippen molar-refractivity contribution >= 4 is 33.3 Å². The molecule has 0 fully saturated rings. The third kappa shape index (κ3) is 3.93. The lowest BCUT2D eigenvalue weighted by Crippen LogP contribution is -2.31. The minimum absolute atomic E-state index is 0.00329. The van der Waals surface area contributed by atoms with Crippen molar-refractivity contribution in [3.63, 3.8) is 0 Å². The van der Waals surface area contributed by atoms with Crippen molar-refractivity contribution in [2.24, 2.45) is 0 Å². The number of nitrogens with zero attached hydrogens (tertiary/aromatic N) is 2. The van der Waals surface area contributed by atoms with Gasteiger partial charge in [0.1, 0.15) is 17.5 Å². The number of hydrogen-bond acceptors (Lipinski definition) is 6. The maximum absolute atomic E-state index is 13.9. The van der Waals surface area contributed by atoms with Crippen LogP contribution in [0.2, 0.25) is 0 Å². The van der Waals surface area contributed by atoms with Crippen molar-refractivity contribution in [2.45, 2.75) is 45.4 Å². The molecule has 1 atom stereocenters. The van der Waals surface area contributed by atoms with Crippen LogP contribution in [0.3, 0.4) is 0 Å². The molecule has 0 N–H and O–H groups in total. The van der Waals surface area contributed by atoms with E-state index in [0.29, 0.717) is 17.5 Å². The molecular formula is C26H26N2O3S2. The zero-order chi connectivity index (χ0) is 23.1. The van der Waals surface area contributed by atoms with Crippen LogP contribution >= 0.6 is 23.1 Å². The second-order valence-electron chi connectivity index (χ2n) is 8.23. The summed E-state index contributed by atoms with van der Waals surface area (Å²) < 4.78 is 13.8. The van der Waals surface area contributed by atoms with Gasteiger partial charge < -0.3 is 9.47 Å². The Morgan fingerprint density at radius 1 is 1.12 bits per heavy atom. The topological polar surface area (TPSA) is 53.4 Å². The summed E-state index contributed by atoms with van der Waals surface area (Å²) in [7, 11) is 0. The molecule has 0 saturated heterocycles. The molecule has 0 aliphatic carbocycles. The Kier molecular flexibility index (Phi) is 5.93. The summed E-state index contributed by atoms with van der Waals surface area (Å²) in [5.41, 5.74) is 4.22. The predicted octanol–water partition coefficient (Wildman–Crippen LogP) is 5.87. The minimum atomic E-state index is -0.124. The Labute approximate surface area is 201 Å². The lowest BCUT2D eigenvalue weighted by Gasteiger charge is -2.26. The molecule has 0 saturated carbocycles. The van der Waals surface area contributed by atoms with Crippen molar-refractivity contribution in [3.8, 4) is 17.2 Å². The number of para-hydroxylation sites is 2. The standard InChI is InChI=1S/C26H26N2O3S2/c1-5-19-17(4)33-24-23(19)25(29)28(20-10-8-9-15(2)16(20)3)26(27-24)32-14-18-13-30-21-11-6-7-12-22(21)31-18/h6-12,18H,5,13-14H2,1-4H3/t18-/m0/s1. The van der Waals surface area contributed by atoms with Gasteiger partial charge in [0.2, 0.25) is 0 Å². The Balaban J connectivity index is 1.58. The van der Waals surface area contributed by atoms with Crippen LogP contribution < -0.4 is 15.0 Å². The van der Waals surface area contributed by atoms with Crippen LogP contribution in [0, 0.1) is 20.8 Å². The Morgan fingerprint density at radius 2 is 1.91 bits per heavy atom. The molecule has 3 heterocycles. The van der Waals surface area contributed by atoms with Crippen molar-refractivity contribution in [3.05, 3.63) is 74.4 Å². The number of fused-ring (bicyclic) bond motifs is 2. The summed E-state index contributed by atoms with van der Waals surface area (Å²) in [4.78, 5) is 20.8. The van der Waals surface area contributed by atoms with Crippen molar-refractivity contribution < 1.29 is 9.47 Å². The van der Waals surface area contributed by atoms with Crippen molar-refractivity contribution in [1.29, 1.82) is 0 Å². The van der Waals surface area contributed by atoms with Gasteiger partial charge in [-0.1, -0.05) is 43.0 Å². The smallest absolute Gasteiger partial charge is 0.267 e. The highest BCUT2D eigenvalue weighted by Crippen LogP contribution is 2.34. The molecule has 0 unspecified atom stereocenters. The molecule has 170 valence electrons. The fourth-order valence-corrected chi connectivity index (χ4v) is 6.35. The number of benzene rings is 2. The van der Waals surface area contributed by atoms with E-state index in [0.717, 1.165) is 55.4 Å². The number of thiophene rings is 1. The fraction of sp³-hybridized carbons (Fsp3) is 0.308. The number of hydrogen-bond donors (Lipinski definition) is 0. The molecule has 4 aromatic rings. The Bertz CT molecular complexity index is 1410. The van der Waals surface area contributed by atoms with Gasteiger partial charge in [0.25, 0.3) is 5.56 Å². The number of thioether (sulfide) groups is 1. The lowest BCUT2D eigenvalue weighted by atomic mass is 10.1. The van der Waals surface area contributed by atoms with Gasteiger partial charge in [0, 0.05) is 10.6 Å². The van der Waals surface area contributed by atoms with E-state index in [1.165, 1.54) is 0 Å². The summed E-state index contributed by atoms with van der Waals surface area (Å²) in [6, 6.07) is 13.8. The highest BCUT2D eigenvalue weighted by Gasteiger charge is 2.24. The van der Waals surface area contributed by atoms with E-state index < -0.39 is 0 Å². The number of aryl methyl sites for hydroxylation is 3. The first-order valence-electron chi connectivity index (χ1n) is 11.1. The molecule has 7 heteroatoms. The Hall–Kier alpha value is -2.77. The van der Waals surface area contributed by atoms with Gasteiger partial charge in [-0.05, 0) is 62.1 Å². The number of ether oxygens (including phenoxy) is 2. The van der Waals surface area contributed by atoms with E-state index in [4.69, 9.17) is 14.5 Å². The Morgan fingerprint density at radius 3 is 2.70 bits per heavy atom. The van der Waals surface area contributed by atoms with Gasteiger partial charge in [-0.25, -0.2) is 4.98 Å². The van der Waals surface area contributed by atoms with Crippen molar-refractivity contribution in [2.75, 3.05) is 12.4 Å². The van der Waals surface area contributed by atoms with Gasteiger partial charge in [-0.3, -0.25) is 9.36 Å². The second-order valence-corrected chi connectivity index (χ2v) is 10.4. The van der Waals surface area contributed by atoms with Crippen LogP contribution in [0.4, 0.5) is 0 Å². The van der Waals surface area contributed by atoms with E-state index in [1.54, 1.807) is 27.7 Å². The molecule has 33 heavy (non-hydrogen) atoms. The predicted molar refractivity (Wildman–Crippen MR) is 136 cm³/mol. The summed E-state index contributed by atoms with van der Waals surface area (Å²) in [5.74, 6) is 2.15. The maximum Gasteiger partial charge on any atom is 0.267 e. The molecule has 5 rings (SSSR count). The summed E-state index contributed by atoms with van der Waals surface area (Å²) in [6.07, 6.45) is 0.690. The minimum Gasteiger partial charge on any atom is -0.486 e. The first kappa shape index (κ1) is 22.0. The molecule has 0 amide bonds. The van der Waals surface area contributed by atoms with Crippen molar-refractivity contribution in [1.82, 2.24) is 9.55 Å². The van der Waals surface area contributed by atoms with Gasteiger partial charge in [-0.15, -0.1) is 11.3 Å². The largest absolute Gasteiger partial charge is 0.486 e. The van der Waals surface area contributed by atoms with Gasteiger partial charge in [0.15, 0.2) is 16.7 Å². The van der Waals surface area contributed by atoms with E-state index >= 15 is 0 Å². The highest BCUT2D eigenvalue weighted by atomic mass is 32.2. The van der Waals surface area contributed by atoms with E-state index in [9.17, 15) is 4.79 Å². The summed E-state index contributed by atoms with van der Waals surface area (Å²) in [6.45, 7) is 8.77. The summed E-state index contributed by atoms with van der Waals surface area (Å²) in [5, 5.41) is 1.43. The summed E-state index contributed by atoms with van der Waals surface area (Å²) >= 11 is 3.14. The molecule has 2 aromatic heterocycles.